The van der Waals surface area contributed by atoms with Crippen LogP contribution in [0.1, 0.15) is 52.0 Å². The first-order valence-corrected chi connectivity index (χ1v) is 11.7. The number of likely N-dealkylation sites (tertiary alicyclic amines) is 2. The van der Waals surface area contributed by atoms with Crippen molar-refractivity contribution in [2.24, 2.45) is 0 Å². The van der Waals surface area contributed by atoms with Crippen LogP contribution in [0, 0.1) is 13.8 Å². The zero-order valence-corrected chi connectivity index (χ0v) is 20.1. The first kappa shape index (κ1) is 24.5. The van der Waals surface area contributed by atoms with E-state index < -0.39 is 11.7 Å². The maximum Gasteiger partial charge on any atom is 0.416 e. The van der Waals surface area contributed by atoms with E-state index in [1.54, 1.807) is 0 Å². The highest BCUT2D eigenvalue weighted by Crippen LogP contribution is 2.39. The van der Waals surface area contributed by atoms with Crippen molar-refractivity contribution >= 4 is 5.91 Å². The maximum atomic E-state index is 13.0. The molecule has 2 aromatic carbocycles. The van der Waals surface area contributed by atoms with Crippen LogP contribution in [0.15, 0.2) is 36.4 Å². The van der Waals surface area contributed by atoms with Crippen molar-refractivity contribution < 1.29 is 22.7 Å². The average molecular weight is 476 g/mol. The fraction of sp³-hybridized carbons (Fsp3) is 0.500. The molecule has 5 nitrogen and oxygen atoms in total. The van der Waals surface area contributed by atoms with Crippen LogP contribution in [0.3, 0.4) is 0 Å². The fourth-order valence-corrected chi connectivity index (χ4v) is 5.26. The maximum absolute atomic E-state index is 13.0. The molecule has 2 bridgehead atoms. The predicted molar refractivity (Wildman–Crippen MR) is 125 cm³/mol. The zero-order valence-electron chi connectivity index (χ0n) is 20.1. The van der Waals surface area contributed by atoms with E-state index in [2.05, 4.69) is 37.1 Å². The number of fused-ring (bicyclic) bond motifs is 2. The molecule has 4 rings (SSSR count). The number of amides is 1. The monoisotopic (exact) mass is 475 g/mol. The summed E-state index contributed by atoms with van der Waals surface area (Å²) in [5.74, 6) is 0.712. The number of hydrogen-bond acceptors (Lipinski definition) is 4. The summed E-state index contributed by atoms with van der Waals surface area (Å²) >= 11 is 0. The van der Waals surface area contributed by atoms with Gasteiger partial charge in [-0.2, -0.15) is 13.2 Å². The number of rotatable bonds is 7. The van der Waals surface area contributed by atoms with E-state index in [0.29, 0.717) is 18.7 Å². The number of nitrogens with one attached hydrogen (secondary N) is 1. The van der Waals surface area contributed by atoms with E-state index in [9.17, 15) is 18.0 Å². The smallest absolute Gasteiger partial charge is 0.416 e. The quantitative estimate of drug-likeness (QED) is 0.596. The van der Waals surface area contributed by atoms with Gasteiger partial charge in [0.1, 0.15) is 12.4 Å². The summed E-state index contributed by atoms with van der Waals surface area (Å²) in [5.41, 5.74) is 3.18. The minimum absolute atomic E-state index is 0.0767. The minimum Gasteiger partial charge on any atom is -0.492 e. The van der Waals surface area contributed by atoms with Gasteiger partial charge in [-0.3, -0.25) is 9.69 Å². The lowest BCUT2D eigenvalue weighted by Gasteiger charge is -2.38. The Kier molecular flexibility index (Phi) is 6.92. The standard InChI is InChI=1S/C26H32F3N3O2/c1-16-17(2)24(34-12-11-30-4)10-9-23(16)18(3)31-14-22-13-21(31)15-32(22)25(33)19-5-7-20(8-6-19)26(27,28)29/h5-10,18,21-22,30H,11-15H2,1-4H3/t18?,21-,22+/m1/s1. The molecule has 3 atom stereocenters. The molecule has 2 fully saturated rings. The Bertz CT molecular complexity index is 1040. The number of benzene rings is 2. The molecule has 2 saturated heterocycles. The molecule has 8 heteroatoms. The second kappa shape index (κ2) is 9.58. The SMILES string of the molecule is CNCCOc1ccc(C(C)N2C[C@@H]3C[C@@H]2CN3C(=O)c2ccc(C(F)(F)F)cc2)c(C)c1C. The second-order valence-electron chi connectivity index (χ2n) is 9.30. The van der Waals surface area contributed by atoms with Gasteiger partial charge in [-0.15, -0.1) is 0 Å². The van der Waals surface area contributed by atoms with Crippen molar-refractivity contribution in [3.05, 3.63) is 64.2 Å². The summed E-state index contributed by atoms with van der Waals surface area (Å²) in [7, 11) is 1.90. The van der Waals surface area contributed by atoms with E-state index in [-0.39, 0.29) is 24.0 Å². The fourth-order valence-electron chi connectivity index (χ4n) is 5.26. The largest absolute Gasteiger partial charge is 0.492 e. The van der Waals surface area contributed by atoms with Gasteiger partial charge in [0.25, 0.3) is 5.91 Å². The molecular weight excluding hydrogens is 443 g/mol. The molecule has 0 aromatic heterocycles. The van der Waals surface area contributed by atoms with Crippen LogP contribution in [-0.4, -0.2) is 61.1 Å². The Morgan fingerprint density at radius 1 is 1.09 bits per heavy atom. The summed E-state index contributed by atoms with van der Waals surface area (Å²) in [6.45, 7) is 9.17. The van der Waals surface area contributed by atoms with Gasteiger partial charge in [-0.05, 0) is 81.3 Å². The molecule has 0 saturated carbocycles. The molecule has 184 valence electrons. The van der Waals surface area contributed by atoms with Crippen LogP contribution in [0.5, 0.6) is 5.75 Å². The number of hydrogen-bond donors (Lipinski definition) is 1. The van der Waals surface area contributed by atoms with Crippen molar-refractivity contribution in [3.63, 3.8) is 0 Å². The lowest BCUT2D eigenvalue weighted by atomic mass is 9.96. The summed E-state index contributed by atoms with van der Waals surface area (Å²) in [4.78, 5) is 17.3. The molecule has 2 aromatic rings. The molecule has 2 aliphatic rings. The van der Waals surface area contributed by atoms with E-state index in [1.165, 1.54) is 23.3 Å². The first-order valence-electron chi connectivity index (χ1n) is 11.7. The number of piperazine rings is 1. The molecular formula is C26H32F3N3O2. The van der Waals surface area contributed by atoms with E-state index in [0.717, 1.165) is 43.0 Å². The molecule has 34 heavy (non-hydrogen) atoms. The van der Waals surface area contributed by atoms with Gasteiger partial charge in [0.05, 0.1) is 5.56 Å². The zero-order chi connectivity index (χ0) is 24.6. The molecule has 0 aliphatic carbocycles. The molecule has 2 heterocycles. The third kappa shape index (κ3) is 4.66. The normalized spacial score (nSPS) is 21.2. The summed E-state index contributed by atoms with van der Waals surface area (Å²) in [6.07, 6.45) is -3.52. The number of carbonyl (C=O) groups is 1. The van der Waals surface area contributed by atoms with Crippen molar-refractivity contribution in [3.8, 4) is 5.75 Å². The van der Waals surface area contributed by atoms with Crippen molar-refractivity contribution in [1.29, 1.82) is 0 Å². The van der Waals surface area contributed by atoms with Crippen molar-refractivity contribution in [2.75, 3.05) is 33.3 Å². The average Bonchev–Trinajstić information content (AvgIpc) is 3.42. The van der Waals surface area contributed by atoms with Gasteiger partial charge < -0.3 is 15.0 Å². The Morgan fingerprint density at radius 3 is 2.38 bits per heavy atom. The van der Waals surface area contributed by atoms with E-state index in [4.69, 9.17) is 4.74 Å². The van der Waals surface area contributed by atoms with Crippen LogP contribution in [0.25, 0.3) is 0 Å². The van der Waals surface area contributed by atoms with E-state index >= 15 is 0 Å². The molecule has 0 radical (unpaired) electrons. The van der Waals surface area contributed by atoms with Crippen LogP contribution in [0.4, 0.5) is 13.2 Å². The third-order valence-corrected chi connectivity index (χ3v) is 7.34. The number of halogens is 3. The number of nitrogens with zero attached hydrogens (tertiary/aromatic N) is 2. The van der Waals surface area contributed by atoms with Gasteiger partial charge in [-0.25, -0.2) is 0 Å². The van der Waals surface area contributed by atoms with E-state index in [1.807, 2.05) is 18.0 Å². The predicted octanol–water partition coefficient (Wildman–Crippen LogP) is 4.58. The minimum atomic E-state index is -4.40. The topological polar surface area (TPSA) is 44.8 Å². The van der Waals surface area contributed by atoms with Gasteiger partial charge in [0.15, 0.2) is 0 Å². The Labute approximate surface area is 198 Å². The number of likely N-dealkylation sites (N-methyl/N-ethyl adjacent to an activating group) is 1. The van der Waals surface area contributed by atoms with Gasteiger partial charge in [-0.1, -0.05) is 6.07 Å². The summed E-state index contributed by atoms with van der Waals surface area (Å²) in [5, 5.41) is 3.08. The van der Waals surface area contributed by atoms with Crippen LogP contribution >= 0.6 is 0 Å². The molecule has 1 unspecified atom stereocenters. The Balaban J connectivity index is 1.42. The van der Waals surface area contributed by atoms with Crippen LogP contribution in [0.2, 0.25) is 0 Å². The lowest BCUT2D eigenvalue weighted by Crippen LogP contribution is -2.49. The van der Waals surface area contributed by atoms with Crippen molar-refractivity contribution in [2.45, 2.75) is 51.5 Å². The Hall–Kier alpha value is -2.58. The summed E-state index contributed by atoms with van der Waals surface area (Å²) < 4.78 is 44.4. The number of alkyl halides is 3. The number of carbonyl (C=O) groups excluding carboxylic acids is 1. The molecule has 1 amide bonds. The molecule has 0 spiro atoms. The van der Waals surface area contributed by atoms with Crippen LogP contribution in [-0.2, 0) is 6.18 Å². The molecule has 2 aliphatic heterocycles. The second-order valence-corrected chi connectivity index (χ2v) is 9.30. The van der Waals surface area contributed by atoms with Crippen molar-refractivity contribution in [1.82, 2.24) is 15.1 Å². The highest BCUT2D eigenvalue weighted by atomic mass is 19.4. The third-order valence-electron chi connectivity index (χ3n) is 7.34. The summed E-state index contributed by atoms with van der Waals surface area (Å²) in [6, 6.07) is 9.21. The van der Waals surface area contributed by atoms with Gasteiger partial charge in [0.2, 0.25) is 0 Å². The van der Waals surface area contributed by atoms with Crippen LogP contribution < -0.4 is 10.1 Å². The Morgan fingerprint density at radius 2 is 1.79 bits per heavy atom. The number of ether oxygens (including phenoxy) is 1. The van der Waals surface area contributed by atoms with Gasteiger partial charge in [0, 0.05) is 43.3 Å². The highest BCUT2D eigenvalue weighted by Gasteiger charge is 2.47. The lowest BCUT2D eigenvalue weighted by molar-refractivity contribution is -0.137. The highest BCUT2D eigenvalue weighted by molar-refractivity contribution is 5.94. The first-order chi connectivity index (χ1) is 16.1. The van der Waals surface area contributed by atoms with Gasteiger partial charge >= 0.3 is 6.18 Å². The molecule has 1 N–H and O–H groups in total.